The molecule has 0 fully saturated rings. The maximum absolute atomic E-state index is 12.8. The van der Waals surface area contributed by atoms with E-state index >= 15 is 0 Å². The van der Waals surface area contributed by atoms with E-state index in [9.17, 15) is 14.9 Å². The van der Waals surface area contributed by atoms with E-state index < -0.39 is 0 Å². The van der Waals surface area contributed by atoms with Crippen molar-refractivity contribution in [3.63, 3.8) is 0 Å². The molecule has 1 heterocycles. The first-order valence-corrected chi connectivity index (χ1v) is 7.12. The molecule has 0 bridgehead atoms. The van der Waals surface area contributed by atoms with Crippen LogP contribution in [0, 0.1) is 11.3 Å². The number of carbonyl (C=O) groups is 2. The summed E-state index contributed by atoms with van der Waals surface area (Å²) in [4.78, 5) is 26.9. The molecule has 0 atom stereocenters. The van der Waals surface area contributed by atoms with E-state index in [1.54, 1.807) is 54.6 Å². The van der Waals surface area contributed by atoms with Gasteiger partial charge >= 0.3 is 0 Å². The number of nitrogens with zero attached hydrogens (tertiary/aromatic N) is 2. The lowest BCUT2D eigenvalue weighted by atomic mass is 9.91. The largest absolute Gasteiger partial charge is 0.268 e. The SMILES string of the molecule is N#Cc1ccc2c3c(cccc13)C(=O)N(c1ccccc1)C2=O. The Morgan fingerprint density at radius 1 is 0.783 bits per heavy atom. The number of anilines is 1. The lowest BCUT2D eigenvalue weighted by Crippen LogP contribution is -2.40. The van der Waals surface area contributed by atoms with Gasteiger partial charge in [-0.1, -0.05) is 30.3 Å². The summed E-state index contributed by atoms with van der Waals surface area (Å²) in [5.74, 6) is -0.733. The molecule has 0 spiro atoms. The highest BCUT2D eigenvalue weighted by molar-refractivity contribution is 6.36. The van der Waals surface area contributed by atoms with Crippen molar-refractivity contribution in [3.8, 4) is 6.07 Å². The molecule has 108 valence electrons. The number of benzene rings is 3. The molecule has 0 radical (unpaired) electrons. The number of para-hydroxylation sites is 1. The van der Waals surface area contributed by atoms with Gasteiger partial charge in [-0.05, 0) is 30.3 Å². The van der Waals surface area contributed by atoms with Gasteiger partial charge in [0.1, 0.15) is 0 Å². The molecule has 1 aliphatic rings. The summed E-state index contributed by atoms with van der Waals surface area (Å²) in [7, 11) is 0. The second-order valence-corrected chi connectivity index (χ2v) is 5.28. The Morgan fingerprint density at radius 3 is 2.17 bits per heavy atom. The predicted molar refractivity (Wildman–Crippen MR) is 86.2 cm³/mol. The molecular weight excluding hydrogens is 288 g/mol. The highest BCUT2D eigenvalue weighted by Gasteiger charge is 2.34. The first-order chi connectivity index (χ1) is 11.2. The molecule has 0 aromatic heterocycles. The second-order valence-electron chi connectivity index (χ2n) is 5.28. The Kier molecular flexibility index (Phi) is 2.75. The molecule has 2 amide bonds. The van der Waals surface area contributed by atoms with Crippen molar-refractivity contribution in [2.45, 2.75) is 0 Å². The minimum absolute atomic E-state index is 0.366. The highest BCUT2D eigenvalue weighted by Crippen LogP contribution is 2.34. The molecule has 23 heavy (non-hydrogen) atoms. The van der Waals surface area contributed by atoms with Gasteiger partial charge in [-0.25, -0.2) is 4.90 Å². The smallest absolute Gasteiger partial charge is 0.265 e. The molecule has 0 saturated carbocycles. The maximum Gasteiger partial charge on any atom is 0.265 e. The Morgan fingerprint density at radius 2 is 1.48 bits per heavy atom. The zero-order valence-corrected chi connectivity index (χ0v) is 12.0. The average Bonchev–Trinajstić information content (AvgIpc) is 2.60. The van der Waals surface area contributed by atoms with Crippen molar-refractivity contribution in [3.05, 3.63) is 77.4 Å². The maximum atomic E-state index is 12.8. The summed E-state index contributed by atoms with van der Waals surface area (Å²) in [6.45, 7) is 0. The van der Waals surface area contributed by atoms with E-state index in [0.29, 0.717) is 33.2 Å². The number of amides is 2. The molecule has 4 heteroatoms. The van der Waals surface area contributed by atoms with Crippen LogP contribution in [-0.2, 0) is 0 Å². The van der Waals surface area contributed by atoms with Crippen molar-refractivity contribution in [2.75, 3.05) is 4.90 Å². The van der Waals surface area contributed by atoms with Crippen LogP contribution in [0.4, 0.5) is 5.69 Å². The average molecular weight is 298 g/mol. The Labute approximate surface area is 132 Å². The number of rotatable bonds is 1. The summed E-state index contributed by atoms with van der Waals surface area (Å²) in [6, 6.07) is 19.4. The number of hydrogen-bond donors (Lipinski definition) is 0. The van der Waals surface area contributed by atoms with Gasteiger partial charge in [0, 0.05) is 21.9 Å². The van der Waals surface area contributed by atoms with Gasteiger partial charge in [0.05, 0.1) is 17.3 Å². The second kappa shape index (κ2) is 4.79. The zero-order valence-electron chi connectivity index (χ0n) is 12.0. The van der Waals surface area contributed by atoms with Crippen LogP contribution in [0.2, 0.25) is 0 Å². The molecule has 1 aliphatic heterocycles. The summed E-state index contributed by atoms with van der Waals surface area (Å²) >= 11 is 0. The Hall–Kier alpha value is -3.45. The van der Waals surface area contributed by atoms with Crippen LogP contribution in [-0.4, -0.2) is 11.8 Å². The summed E-state index contributed by atoms with van der Waals surface area (Å²) in [5.41, 5.74) is 1.88. The van der Waals surface area contributed by atoms with Crippen LogP contribution in [0.1, 0.15) is 26.3 Å². The minimum atomic E-state index is -0.366. The monoisotopic (exact) mass is 298 g/mol. The summed E-state index contributed by atoms with van der Waals surface area (Å²) < 4.78 is 0. The molecule has 0 N–H and O–H groups in total. The molecule has 0 unspecified atom stereocenters. The lowest BCUT2D eigenvalue weighted by molar-refractivity contribution is 0.0893. The van der Waals surface area contributed by atoms with Crippen LogP contribution in [0.5, 0.6) is 0 Å². The van der Waals surface area contributed by atoms with Crippen molar-refractivity contribution < 1.29 is 9.59 Å². The van der Waals surface area contributed by atoms with Gasteiger partial charge in [-0.2, -0.15) is 5.26 Å². The van der Waals surface area contributed by atoms with Gasteiger partial charge in [0.2, 0.25) is 0 Å². The van der Waals surface area contributed by atoms with Crippen molar-refractivity contribution >= 4 is 28.3 Å². The van der Waals surface area contributed by atoms with E-state index in [0.717, 1.165) is 0 Å². The highest BCUT2D eigenvalue weighted by atomic mass is 16.2. The molecule has 3 aromatic carbocycles. The molecule has 4 nitrogen and oxygen atoms in total. The molecule has 3 aromatic rings. The first kappa shape index (κ1) is 13.2. The van der Waals surface area contributed by atoms with E-state index in [2.05, 4.69) is 6.07 Å². The van der Waals surface area contributed by atoms with Gasteiger partial charge < -0.3 is 0 Å². The van der Waals surface area contributed by atoms with Crippen molar-refractivity contribution in [1.82, 2.24) is 0 Å². The van der Waals surface area contributed by atoms with E-state index in [1.165, 1.54) is 4.90 Å². The molecule has 4 rings (SSSR count). The third kappa shape index (κ3) is 1.77. The van der Waals surface area contributed by atoms with Crippen LogP contribution in [0.15, 0.2) is 60.7 Å². The summed E-state index contributed by atoms with van der Waals surface area (Å²) in [6.07, 6.45) is 0. The number of imide groups is 1. The van der Waals surface area contributed by atoms with Crippen LogP contribution < -0.4 is 4.90 Å². The van der Waals surface area contributed by atoms with E-state index in [-0.39, 0.29) is 11.8 Å². The summed E-state index contributed by atoms with van der Waals surface area (Å²) in [5, 5.41) is 10.4. The van der Waals surface area contributed by atoms with Gasteiger partial charge in [0.25, 0.3) is 11.8 Å². The van der Waals surface area contributed by atoms with Crippen LogP contribution in [0.25, 0.3) is 10.8 Å². The fraction of sp³-hybridized carbons (Fsp3) is 0. The molecular formula is C19H10N2O2. The predicted octanol–water partition coefficient (Wildman–Crippen LogP) is 3.51. The molecule has 0 saturated heterocycles. The van der Waals surface area contributed by atoms with E-state index in [1.807, 2.05) is 6.07 Å². The van der Waals surface area contributed by atoms with Crippen LogP contribution in [0.3, 0.4) is 0 Å². The molecule has 0 aliphatic carbocycles. The Bertz CT molecular complexity index is 994. The van der Waals surface area contributed by atoms with Crippen LogP contribution >= 0.6 is 0 Å². The van der Waals surface area contributed by atoms with Gasteiger partial charge in [-0.3, -0.25) is 9.59 Å². The normalized spacial score (nSPS) is 13.3. The fourth-order valence-electron chi connectivity index (χ4n) is 3.01. The lowest BCUT2D eigenvalue weighted by Gasteiger charge is -2.27. The quantitative estimate of drug-likeness (QED) is 0.646. The topological polar surface area (TPSA) is 61.2 Å². The third-order valence-electron chi connectivity index (χ3n) is 4.04. The number of carbonyl (C=O) groups excluding carboxylic acids is 2. The fourth-order valence-corrected chi connectivity index (χ4v) is 3.01. The minimum Gasteiger partial charge on any atom is -0.268 e. The van der Waals surface area contributed by atoms with Gasteiger partial charge in [0.15, 0.2) is 0 Å². The number of nitriles is 1. The van der Waals surface area contributed by atoms with E-state index in [4.69, 9.17) is 0 Å². The third-order valence-corrected chi connectivity index (χ3v) is 4.04. The van der Waals surface area contributed by atoms with Crippen molar-refractivity contribution in [2.24, 2.45) is 0 Å². The van der Waals surface area contributed by atoms with Crippen molar-refractivity contribution in [1.29, 1.82) is 5.26 Å². The number of hydrogen-bond acceptors (Lipinski definition) is 3. The Balaban J connectivity index is 2.04. The van der Waals surface area contributed by atoms with Gasteiger partial charge in [-0.15, -0.1) is 0 Å². The zero-order chi connectivity index (χ0) is 16.0. The first-order valence-electron chi connectivity index (χ1n) is 7.12. The standard InChI is InChI=1S/C19H10N2O2/c20-11-12-9-10-16-17-14(12)7-4-8-15(17)18(22)21(19(16)23)13-5-2-1-3-6-13/h1-10H.